The lowest BCUT2D eigenvalue weighted by atomic mass is 10.0. The topological polar surface area (TPSA) is 24.8 Å². The number of hydrogen-bond acceptors (Lipinski definition) is 3. The number of nitrogens with zero attached hydrogens (tertiary/aromatic N) is 2. The summed E-state index contributed by atoms with van der Waals surface area (Å²) in [4.78, 5) is 5.99. The summed E-state index contributed by atoms with van der Waals surface area (Å²) in [5.74, 6) is -0.209. The SMILES string of the molecule is C=N/C=C(\C)c1ccc(CN2CC(C)OC(C)C2)cc1F. The lowest BCUT2D eigenvalue weighted by molar-refractivity contribution is -0.0705. The van der Waals surface area contributed by atoms with Crippen molar-refractivity contribution in [2.24, 2.45) is 4.99 Å². The van der Waals surface area contributed by atoms with Gasteiger partial charge in [-0.1, -0.05) is 12.1 Å². The summed E-state index contributed by atoms with van der Waals surface area (Å²) in [5, 5.41) is 0. The van der Waals surface area contributed by atoms with Gasteiger partial charge >= 0.3 is 0 Å². The van der Waals surface area contributed by atoms with Crippen LogP contribution in [0, 0.1) is 5.82 Å². The molecule has 0 bridgehead atoms. The summed E-state index contributed by atoms with van der Waals surface area (Å²) in [6.45, 7) is 11.9. The van der Waals surface area contributed by atoms with Crippen molar-refractivity contribution in [1.29, 1.82) is 0 Å². The van der Waals surface area contributed by atoms with Crippen molar-refractivity contribution in [3.63, 3.8) is 0 Å². The summed E-state index contributed by atoms with van der Waals surface area (Å²) in [7, 11) is 0. The van der Waals surface area contributed by atoms with E-state index in [4.69, 9.17) is 4.74 Å². The highest BCUT2D eigenvalue weighted by Crippen LogP contribution is 2.21. The Hall–Kier alpha value is -1.52. The Morgan fingerprint density at radius 2 is 2.10 bits per heavy atom. The van der Waals surface area contributed by atoms with E-state index in [1.807, 2.05) is 19.1 Å². The maximum atomic E-state index is 14.2. The van der Waals surface area contributed by atoms with Crippen LogP contribution in [0.5, 0.6) is 0 Å². The van der Waals surface area contributed by atoms with Crippen LogP contribution in [0.4, 0.5) is 4.39 Å². The maximum Gasteiger partial charge on any atom is 0.131 e. The van der Waals surface area contributed by atoms with Gasteiger partial charge in [0.05, 0.1) is 12.2 Å². The molecule has 1 aromatic carbocycles. The number of morpholine rings is 1. The standard InChI is InChI=1S/C17H23FN2O/c1-12(8-19-4)16-6-5-15(7-17(16)18)11-20-9-13(2)21-14(3)10-20/h5-8,13-14H,4,9-11H2,1-3H3/b12-8+. The number of benzene rings is 1. The monoisotopic (exact) mass is 290 g/mol. The van der Waals surface area contributed by atoms with Crippen molar-refractivity contribution in [3.05, 3.63) is 41.3 Å². The van der Waals surface area contributed by atoms with Crippen molar-refractivity contribution in [1.82, 2.24) is 4.90 Å². The molecule has 1 aliphatic rings. The van der Waals surface area contributed by atoms with Crippen molar-refractivity contribution < 1.29 is 9.13 Å². The third-order valence-electron chi connectivity index (χ3n) is 3.64. The smallest absolute Gasteiger partial charge is 0.131 e. The molecule has 3 nitrogen and oxygen atoms in total. The van der Waals surface area contributed by atoms with E-state index in [1.54, 1.807) is 12.3 Å². The second-order valence-corrected chi connectivity index (χ2v) is 5.76. The molecule has 114 valence electrons. The van der Waals surface area contributed by atoms with Crippen LogP contribution in [-0.4, -0.2) is 36.9 Å². The highest BCUT2D eigenvalue weighted by Gasteiger charge is 2.22. The third-order valence-corrected chi connectivity index (χ3v) is 3.64. The number of halogens is 1. The van der Waals surface area contributed by atoms with E-state index in [0.29, 0.717) is 5.56 Å². The van der Waals surface area contributed by atoms with Gasteiger partial charge in [0, 0.05) is 31.4 Å². The number of allylic oxidation sites excluding steroid dienone is 1. The van der Waals surface area contributed by atoms with E-state index in [9.17, 15) is 4.39 Å². The predicted molar refractivity (Wildman–Crippen MR) is 84.9 cm³/mol. The summed E-state index contributed by atoms with van der Waals surface area (Å²) in [5.41, 5.74) is 2.34. The van der Waals surface area contributed by atoms with E-state index in [2.05, 4.69) is 30.5 Å². The van der Waals surface area contributed by atoms with Gasteiger partial charge in [0.15, 0.2) is 0 Å². The molecule has 0 N–H and O–H groups in total. The zero-order chi connectivity index (χ0) is 15.4. The average Bonchev–Trinajstić information content (AvgIpc) is 2.37. The third kappa shape index (κ3) is 4.22. The molecule has 4 heteroatoms. The van der Waals surface area contributed by atoms with Crippen LogP contribution in [0.25, 0.3) is 5.57 Å². The number of aliphatic imine (C=N–C) groups is 1. The Kier molecular flexibility index (Phi) is 5.26. The van der Waals surface area contributed by atoms with Crippen molar-refractivity contribution in [2.45, 2.75) is 39.5 Å². The summed E-state index contributed by atoms with van der Waals surface area (Å²) >= 11 is 0. The molecule has 1 fully saturated rings. The maximum absolute atomic E-state index is 14.2. The van der Waals surface area contributed by atoms with Crippen LogP contribution < -0.4 is 0 Å². The Balaban J connectivity index is 2.10. The zero-order valence-electron chi connectivity index (χ0n) is 13.0. The summed E-state index contributed by atoms with van der Waals surface area (Å²) in [6, 6.07) is 5.40. The van der Waals surface area contributed by atoms with Gasteiger partial charge in [0.2, 0.25) is 0 Å². The van der Waals surface area contributed by atoms with Crippen LogP contribution in [0.1, 0.15) is 31.9 Å². The molecular weight excluding hydrogens is 267 g/mol. The van der Waals surface area contributed by atoms with Crippen LogP contribution in [0.15, 0.2) is 29.4 Å². The minimum Gasteiger partial charge on any atom is -0.373 e. The minimum atomic E-state index is -0.209. The van der Waals surface area contributed by atoms with Gasteiger partial charge in [0.25, 0.3) is 0 Å². The molecule has 1 aromatic rings. The molecular formula is C17H23FN2O. The van der Waals surface area contributed by atoms with E-state index in [1.165, 1.54) is 0 Å². The number of rotatable bonds is 4. The summed E-state index contributed by atoms with van der Waals surface area (Å²) in [6.07, 6.45) is 2.02. The predicted octanol–water partition coefficient (Wildman–Crippen LogP) is 3.50. The van der Waals surface area contributed by atoms with Crippen molar-refractivity contribution in [2.75, 3.05) is 13.1 Å². The quantitative estimate of drug-likeness (QED) is 0.793. The molecule has 0 aliphatic carbocycles. The molecule has 2 unspecified atom stereocenters. The van der Waals surface area contributed by atoms with Crippen LogP contribution in [0.3, 0.4) is 0 Å². The van der Waals surface area contributed by atoms with Gasteiger partial charge < -0.3 is 4.74 Å². The number of ether oxygens (including phenoxy) is 1. The highest BCUT2D eigenvalue weighted by atomic mass is 19.1. The molecule has 1 aliphatic heterocycles. The Labute approximate surface area is 126 Å². The molecule has 21 heavy (non-hydrogen) atoms. The number of hydrogen-bond donors (Lipinski definition) is 0. The van der Waals surface area contributed by atoms with Crippen molar-refractivity contribution in [3.8, 4) is 0 Å². The fraction of sp³-hybridized carbons (Fsp3) is 0.471. The van der Waals surface area contributed by atoms with Crippen LogP contribution >= 0.6 is 0 Å². The van der Waals surface area contributed by atoms with Crippen LogP contribution in [-0.2, 0) is 11.3 Å². The van der Waals surface area contributed by atoms with E-state index in [0.717, 1.165) is 30.8 Å². The first-order valence-corrected chi connectivity index (χ1v) is 7.28. The fourth-order valence-electron chi connectivity index (χ4n) is 2.85. The van der Waals surface area contributed by atoms with Gasteiger partial charge in [-0.05, 0) is 44.7 Å². The van der Waals surface area contributed by atoms with Crippen LogP contribution in [0.2, 0.25) is 0 Å². The minimum absolute atomic E-state index is 0.209. The first-order valence-electron chi connectivity index (χ1n) is 7.28. The highest BCUT2D eigenvalue weighted by molar-refractivity contribution is 5.64. The molecule has 0 saturated carbocycles. The molecule has 1 heterocycles. The second kappa shape index (κ2) is 6.96. The molecule has 1 saturated heterocycles. The Morgan fingerprint density at radius 1 is 1.43 bits per heavy atom. The van der Waals surface area contributed by atoms with Gasteiger partial charge in [-0.25, -0.2) is 4.39 Å². The Bertz CT molecular complexity index is 532. The van der Waals surface area contributed by atoms with Gasteiger partial charge in [0.1, 0.15) is 5.82 Å². The lowest BCUT2D eigenvalue weighted by Crippen LogP contribution is -2.44. The lowest BCUT2D eigenvalue weighted by Gasteiger charge is -2.35. The molecule has 2 atom stereocenters. The van der Waals surface area contributed by atoms with E-state index in [-0.39, 0.29) is 18.0 Å². The second-order valence-electron chi connectivity index (χ2n) is 5.76. The van der Waals surface area contributed by atoms with Crippen molar-refractivity contribution >= 4 is 12.3 Å². The first kappa shape index (κ1) is 15.9. The average molecular weight is 290 g/mol. The largest absolute Gasteiger partial charge is 0.373 e. The first-order chi connectivity index (χ1) is 9.99. The normalized spacial score (nSPS) is 24.1. The summed E-state index contributed by atoms with van der Waals surface area (Å²) < 4.78 is 19.9. The van der Waals surface area contributed by atoms with Gasteiger partial charge in [-0.3, -0.25) is 9.89 Å². The molecule has 0 radical (unpaired) electrons. The molecule has 0 spiro atoms. The molecule has 0 aromatic heterocycles. The van der Waals surface area contributed by atoms with Gasteiger partial charge in [-0.2, -0.15) is 0 Å². The molecule has 2 rings (SSSR count). The molecule has 0 amide bonds. The zero-order valence-corrected chi connectivity index (χ0v) is 13.0. The van der Waals surface area contributed by atoms with Gasteiger partial charge in [-0.15, -0.1) is 0 Å². The van der Waals surface area contributed by atoms with E-state index >= 15 is 0 Å². The fourth-order valence-corrected chi connectivity index (χ4v) is 2.85. The van der Waals surface area contributed by atoms with E-state index < -0.39 is 0 Å². The Morgan fingerprint density at radius 3 is 2.67 bits per heavy atom.